The Balaban J connectivity index is 1.76. The smallest absolute Gasteiger partial charge is 0.292 e. The third-order valence-corrected chi connectivity index (χ3v) is 3.36. The normalized spacial score (nSPS) is 28.4. The van der Waals surface area contributed by atoms with Gasteiger partial charge in [-0.3, -0.25) is 4.79 Å². The van der Waals surface area contributed by atoms with Gasteiger partial charge in [-0.25, -0.2) is 0 Å². The van der Waals surface area contributed by atoms with Crippen LogP contribution in [0.4, 0.5) is 0 Å². The van der Waals surface area contributed by atoms with Crippen molar-refractivity contribution in [2.24, 2.45) is 5.92 Å². The number of rotatable bonds is 1. The molecule has 2 aliphatic heterocycles. The van der Waals surface area contributed by atoms with Gasteiger partial charge in [0.2, 0.25) is 5.76 Å². The number of fused-ring (bicyclic) bond motifs is 2. The van der Waals surface area contributed by atoms with Crippen LogP contribution in [-0.4, -0.2) is 41.6 Å². The van der Waals surface area contributed by atoms with Gasteiger partial charge in [0.25, 0.3) is 5.91 Å². The van der Waals surface area contributed by atoms with Crippen LogP contribution in [0.2, 0.25) is 0 Å². The third kappa shape index (κ3) is 1.61. The van der Waals surface area contributed by atoms with E-state index >= 15 is 0 Å². The van der Waals surface area contributed by atoms with Crippen LogP contribution >= 0.6 is 0 Å². The van der Waals surface area contributed by atoms with Gasteiger partial charge in [-0.15, -0.1) is 0 Å². The zero-order chi connectivity index (χ0) is 11.1. The summed E-state index contributed by atoms with van der Waals surface area (Å²) >= 11 is 0. The van der Waals surface area contributed by atoms with Crippen molar-refractivity contribution < 1.29 is 9.32 Å². The zero-order valence-electron chi connectivity index (χ0n) is 9.27. The Labute approximate surface area is 93.8 Å². The molecule has 0 radical (unpaired) electrons. The van der Waals surface area contributed by atoms with Crippen LogP contribution in [0.15, 0.2) is 10.6 Å². The number of carbonyl (C=O) groups is 1. The summed E-state index contributed by atoms with van der Waals surface area (Å²) in [6.07, 6.45) is 1.19. The van der Waals surface area contributed by atoms with Crippen LogP contribution in [0.1, 0.15) is 22.7 Å². The summed E-state index contributed by atoms with van der Waals surface area (Å²) in [5.74, 6) is 0.935. The molecule has 2 atom stereocenters. The monoisotopic (exact) mass is 221 g/mol. The molecule has 2 aliphatic rings. The van der Waals surface area contributed by atoms with Crippen LogP contribution in [0.3, 0.4) is 0 Å². The van der Waals surface area contributed by atoms with E-state index in [-0.39, 0.29) is 5.91 Å². The lowest BCUT2D eigenvalue weighted by atomic mass is 10.00. The number of aromatic nitrogens is 1. The summed E-state index contributed by atoms with van der Waals surface area (Å²) < 4.78 is 5.01. The minimum Gasteiger partial charge on any atom is -0.351 e. The van der Waals surface area contributed by atoms with E-state index in [1.165, 1.54) is 6.42 Å². The van der Waals surface area contributed by atoms with Gasteiger partial charge in [0.1, 0.15) is 0 Å². The first-order chi connectivity index (χ1) is 7.72. The lowest BCUT2D eigenvalue weighted by molar-refractivity contribution is 0.0649. The maximum absolute atomic E-state index is 12.1. The molecule has 0 saturated carbocycles. The number of aryl methyl sites for hydroxylation is 1. The summed E-state index contributed by atoms with van der Waals surface area (Å²) in [7, 11) is 0. The Morgan fingerprint density at radius 3 is 3.19 bits per heavy atom. The van der Waals surface area contributed by atoms with E-state index in [1.807, 2.05) is 11.8 Å². The van der Waals surface area contributed by atoms with Crippen molar-refractivity contribution in [2.75, 3.05) is 19.6 Å². The molecule has 5 nitrogen and oxygen atoms in total. The molecule has 5 heteroatoms. The highest BCUT2D eigenvalue weighted by molar-refractivity contribution is 5.91. The van der Waals surface area contributed by atoms with Gasteiger partial charge in [-0.05, 0) is 19.3 Å². The standard InChI is InChI=1S/C11H15N3O2/c1-7-2-10(16-13-7)11(15)14-5-8-3-9(6-14)12-4-8/h2,8-9,12H,3-6H2,1H3. The molecule has 3 heterocycles. The van der Waals surface area contributed by atoms with E-state index in [1.54, 1.807) is 6.07 Å². The number of likely N-dealkylation sites (tertiary alicyclic amines) is 1. The molecule has 2 bridgehead atoms. The number of nitrogens with one attached hydrogen (secondary N) is 1. The van der Waals surface area contributed by atoms with Crippen LogP contribution in [0, 0.1) is 12.8 Å². The number of hydrogen-bond donors (Lipinski definition) is 1. The second-order valence-corrected chi connectivity index (χ2v) is 4.75. The van der Waals surface area contributed by atoms with Crippen molar-refractivity contribution in [3.63, 3.8) is 0 Å². The summed E-state index contributed by atoms with van der Waals surface area (Å²) in [6, 6.07) is 2.17. The first-order valence-electron chi connectivity index (χ1n) is 5.68. The second-order valence-electron chi connectivity index (χ2n) is 4.75. The molecule has 3 rings (SSSR count). The predicted molar refractivity (Wildman–Crippen MR) is 57.0 cm³/mol. The van der Waals surface area contributed by atoms with Gasteiger partial charge in [0, 0.05) is 31.7 Å². The Kier molecular flexibility index (Phi) is 2.21. The van der Waals surface area contributed by atoms with E-state index in [0.29, 0.717) is 17.7 Å². The number of hydrogen-bond acceptors (Lipinski definition) is 4. The van der Waals surface area contributed by atoms with Gasteiger partial charge in [-0.2, -0.15) is 0 Å². The van der Waals surface area contributed by atoms with Crippen molar-refractivity contribution in [1.82, 2.24) is 15.4 Å². The van der Waals surface area contributed by atoms with E-state index in [4.69, 9.17) is 4.52 Å². The maximum Gasteiger partial charge on any atom is 0.292 e. The Morgan fingerprint density at radius 1 is 1.62 bits per heavy atom. The van der Waals surface area contributed by atoms with Crippen molar-refractivity contribution in [3.05, 3.63) is 17.5 Å². The fourth-order valence-corrected chi connectivity index (χ4v) is 2.62. The first-order valence-corrected chi connectivity index (χ1v) is 5.68. The minimum atomic E-state index is -0.0287. The molecular weight excluding hydrogens is 206 g/mol. The molecule has 0 aliphatic carbocycles. The van der Waals surface area contributed by atoms with Crippen LogP contribution in [0.25, 0.3) is 0 Å². The maximum atomic E-state index is 12.1. The third-order valence-electron chi connectivity index (χ3n) is 3.36. The van der Waals surface area contributed by atoms with Gasteiger partial charge >= 0.3 is 0 Å². The van der Waals surface area contributed by atoms with E-state index in [2.05, 4.69) is 10.5 Å². The average Bonchev–Trinajstić information content (AvgIpc) is 2.84. The molecule has 0 spiro atoms. The number of amides is 1. The van der Waals surface area contributed by atoms with Gasteiger partial charge in [0.15, 0.2) is 0 Å². The SMILES string of the molecule is Cc1cc(C(=O)N2CC3CNC(C3)C2)on1. The van der Waals surface area contributed by atoms with E-state index < -0.39 is 0 Å². The Bertz CT molecular complexity index is 403. The second kappa shape index (κ2) is 3.59. The Hall–Kier alpha value is -1.36. The minimum absolute atomic E-state index is 0.0287. The molecule has 2 unspecified atom stereocenters. The van der Waals surface area contributed by atoms with E-state index in [9.17, 15) is 4.79 Å². The zero-order valence-corrected chi connectivity index (χ0v) is 9.27. The predicted octanol–water partition coefficient (Wildman–Crippen LogP) is 0.417. The quantitative estimate of drug-likeness (QED) is 0.746. The summed E-state index contributed by atoms with van der Waals surface area (Å²) in [6.45, 7) is 4.47. The molecule has 2 fully saturated rings. The average molecular weight is 221 g/mol. The molecule has 16 heavy (non-hydrogen) atoms. The van der Waals surface area contributed by atoms with Crippen LogP contribution in [0.5, 0.6) is 0 Å². The van der Waals surface area contributed by atoms with Crippen molar-refractivity contribution in [2.45, 2.75) is 19.4 Å². The molecule has 2 saturated heterocycles. The summed E-state index contributed by atoms with van der Waals surface area (Å²) in [4.78, 5) is 14.0. The summed E-state index contributed by atoms with van der Waals surface area (Å²) in [5, 5.41) is 7.17. The molecule has 1 aromatic rings. The molecule has 1 N–H and O–H groups in total. The number of piperidine rings is 1. The fourth-order valence-electron chi connectivity index (χ4n) is 2.62. The molecule has 0 aromatic carbocycles. The first kappa shape index (κ1) is 9.84. The highest BCUT2D eigenvalue weighted by Gasteiger charge is 2.35. The van der Waals surface area contributed by atoms with Gasteiger partial charge in [0.05, 0.1) is 5.69 Å². The van der Waals surface area contributed by atoms with E-state index in [0.717, 1.165) is 25.3 Å². The van der Waals surface area contributed by atoms with Crippen molar-refractivity contribution >= 4 is 5.91 Å². The lowest BCUT2D eigenvalue weighted by Crippen LogP contribution is -2.44. The highest BCUT2D eigenvalue weighted by Crippen LogP contribution is 2.23. The van der Waals surface area contributed by atoms with Crippen molar-refractivity contribution in [1.29, 1.82) is 0 Å². The number of carbonyl (C=O) groups excluding carboxylic acids is 1. The van der Waals surface area contributed by atoms with Crippen LogP contribution in [-0.2, 0) is 0 Å². The highest BCUT2D eigenvalue weighted by atomic mass is 16.5. The largest absolute Gasteiger partial charge is 0.351 e. The topological polar surface area (TPSA) is 58.4 Å². The molecule has 86 valence electrons. The fraction of sp³-hybridized carbons (Fsp3) is 0.636. The molecule has 1 amide bonds. The van der Waals surface area contributed by atoms with Crippen molar-refractivity contribution in [3.8, 4) is 0 Å². The lowest BCUT2D eigenvalue weighted by Gasteiger charge is -2.30. The summed E-state index contributed by atoms with van der Waals surface area (Å²) in [5.41, 5.74) is 0.751. The Morgan fingerprint density at radius 2 is 2.50 bits per heavy atom. The van der Waals surface area contributed by atoms with Gasteiger partial charge in [-0.1, -0.05) is 5.16 Å². The van der Waals surface area contributed by atoms with Crippen LogP contribution < -0.4 is 5.32 Å². The molecular formula is C11H15N3O2. The number of nitrogens with zero attached hydrogens (tertiary/aromatic N) is 2. The van der Waals surface area contributed by atoms with Gasteiger partial charge < -0.3 is 14.7 Å². The molecule has 1 aromatic heterocycles.